The molecule has 1 N–H and O–H groups in total. The third-order valence-corrected chi connectivity index (χ3v) is 2.18. The van der Waals surface area contributed by atoms with Gasteiger partial charge in [0.25, 0.3) is 0 Å². The number of aromatic nitrogens is 1. The van der Waals surface area contributed by atoms with Crippen molar-refractivity contribution < 1.29 is 9.90 Å². The van der Waals surface area contributed by atoms with Crippen LogP contribution in [0.3, 0.4) is 0 Å². The van der Waals surface area contributed by atoms with Gasteiger partial charge in [-0.2, -0.15) is 0 Å². The maximum atomic E-state index is 10.5. The van der Waals surface area contributed by atoms with Crippen molar-refractivity contribution in [2.24, 2.45) is 5.92 Å². The van der Waals surface area contributed by atoms with Gasteiger partial charge in [-0.25, -0.2) is 0 Å². The summed E-state index contributed by atoms with van der Waals surface area (Å²) in [6.45, 7) is 2.83. The van der Waals surface area contributed by atoms with E-state index in [9.17, 15) is 4.79 Å². The van der Waals surface area contributed by atoms with Crippen LogP contribution in [-0.2, 0) is 11.3 Å². The van der Waals surface area contributed by atoms with Crippen molar-refractivity contribution in [2.45, 2.75) is 26.3 Å². The van der Waals surface area contributed by atoms with E-state index in [0.717, 1.165) is 13.0 Å². The van der Waals surface area contributed by atoms with Crippen molar-refractivity contribution >= 4 is 5.97 Å². The molecule has 0 saturated carbocycles. The van der Waals surface area contributed by atoms with E-state index in [2.05, 4.69) is 0 Å². The van der Waals surface area contributed by atoms with Crippen LogP contribution in [0.1, 0.15) is 19.8 Å². The molecule has 0 radical (unpaired) electrons. The van der Waals surface area contributed by atoms with E-state index >= 15 is 0 Å². The van der Waals surface area contributed by atoms with Crippen LogP contribution in [0.15, 0.2) is 24.5 Å². The predicted molar refractivity (Wildman–Crippen MR) is 50.5 cm³/mol. The maximum absolute atomic E-state index is 10.5. The van der Waals surface area contributed by atoms with Gasteiger partial charge in [0.05, 0.1) is 0 Å². The van der Waals surface area contributed by atoms with Crippen LogP contribution in [-0.4, -0.2) is 15.6 Å². The molecule has 0 aliphatic heterocycles. The molecule has 0 spiro atoms. The highest BCUT2D eigenvalue weighted by atomic mass is 16.4. The van der Waals surface area contributed by atoms with Crippen molar-refractivity contribution in [2.75, 3.05) is 0 Å². The first-order chi connectivity index (χ1) is 6.22. The molecule has 0 aromatic carbocycles. The summed E-state index contributed by atoms with van der Waals surface area (Å²) in [5.74, 6) is -0.469. The highest BCUT2D eigenvalue weighted by Crippen LogP contribution is 2.11. The first-order valence-electron chi connectivity index (χ1n) is 4.55. The Balaban J connectivity index is 2.45. The maximum Gasteiger partial charge on any atom is 0.303 e. The zero-order valence-corrected chi connectivity index (χ0v) is 7.81. The summed E-state index contributed by atoms with van der Waals surface area (Å²) in [7, 11) is 0. The molecular weight excluding hydrogens is 166 g/mol. The normalized spacial score (nSPS) is 12.7. The van der Waals surface area contributed by atoms with Crippen LogP contribution >= 0.6 is 0 Å². The fraction of sp³-hybridized carbons (Fsp3) is 0.500. The second-order valence-corrected chi connectivity index (χ2v) is 3.25. The molecule has 1 heterocycles. The second kappa shape index (κ2) is 4.70. The van der Waals surface area contributed by atoms with Crippen molar-refractivity contribution in [3.05, 3.63) is 24.5 Å². The van der Waals surface area contributed by atoms with Gasteiger partial charge in [-0.1, -0.05) is 13.3 Å². The molecule has 1 unspecified atom stereocenters. The van der Waals surface area contributed by atoms with Crippen LogP contribution < -0.4 is 0 Å². The van der Waals surface area contributed by atoms with Crippen LogP contribution in [0.25, 0.3) is 0 Å². The van der Waals surface area contributed by atoms with E-state index < -0.39 is 5.97 Å². The summed E-state index contributed by atoms with van der Waals surface area (Å²) >= 11 is 0. The molecule has 72 valence electrons. The molecule has 0 amide bonds. The Kier molecular flexibility index (Phi) is 3.55. The Morgan fingerprint density at radius 1 is 1.46 bits per heavy atom. The van der Waals surface area contributed by atoms with Crippen LogP contribution in [0.5, 0.6) is 0 Å². The van der Waals surface area contributed by atoms with Gasteiger partial charge in [-0.05, 0) is 18.1 Å². The number of rotatable bonds is 5. The Bertz CT molecular complexity index is 254. The fourth-order valence-corrected chi connectivity index (χ4v) is 1.37. The lowest BCUT2D eigenvalue weighted by molar-refractivity contribution is -0.138. The summed E-state index contributed by atoms with van der Waals surface area (Å²) in [5, 5.41) is 8.63. The highest BCUT2D eigenvalue weighted by Gasteiger charge is 2.10. The van der Waals surface area contributed by atoms with Crippen LogP contribution in [0.2, 0.25) is 0 Å². The molecule has 0 saturated heterocycles. The zero-order chi connectivity index (χ0) is 9.68. The van der Waals surface area contributed by atoms with E-state index in [1.807, 2.05) is 36.0 Å². The lowest BCUT2D eigenvalue weighted by Crippen LogP contribution is -2.13. The van der Waals surface area contributed by atoms with E-state index in [1.165, 1.54) is 0 Å². The largest absolute Gasteiger partial charge is 0.481 e. The number of aliphatic carboxylic acids is 1. The monoisotopic (exact) mass is 181 g/mol. The van der Waals surface area contributed by atoms with E-state index in [4.69, 9.17) is 5.11 Å². The van der Waals surface area contributed by atoms with Crippen molar-refractivity contribution in [1.82, 2.24) is 4.57 Å². The Hall–Kier alpha value is -1.25. The summed E-state index contributed by atoms with van der Waals surface area (Å²) in [6.07, 6.45) is 5.09. The average molecular weight is 181 g/mol. The van der Waals surface area contributed by atoms with Gasteiger partial charge in [0.15, 0.2) is 0 Å². The molecule has 1 atom stereocenters. The van der Waals surface area contributed by atoms with Gasteiger partial charge in [0.2, 0.25) is 0 Å². The number of carboxylic acids is 1. The van der Waals surface area contributed by atoms with Gasteiger partial charge in [0, 0.05) is 25.4 Å². The van der Waals surface area contributed by atoms with E-state index in [0.29, 0.717) is 0 Å². The third kappa shape index (κ3) is 3.32. The molecule has 3 heteroatoms. The molecule has 0 fully saturated rings. The first kappa shape index (κ1) is 9.84. The van der Waals surface area contributed by atoms with E-state index in [-0.39, 0.29) is 12.3 Å². The fourth-order valence-electron chi connectivity index (χ4n) is 1.37. The summed E-state index contributed by atoms with van der Waals surface area (Å²) in [5.41, 5.74) is 0. The van der Waals surface area contributed by atoms with Crippen LogP contribution in [0.4, 0.5) is 0 Å². The summed E-state index contributed by atoms with van der Waals surface area (Å²) in [6, 6.07) is 3.90. The minimum absolute atomic E-state index is 0.241. The van der Waals surface area contributed by atoms with Gasteiger partial charge < -0.3 is 9.67 Å². The second-order valence-electron chi connectivity index (χ2n) is 3.25. The molecule has 13 heavy (non-hydrogen) atoms. The first-order valence-corrected chi connectivity index (χ1v) is 4.55. The van der Waals surface area contributed by atoms with E-state index in [1.54, 1.807) is 0 Å². The Morgan fingerprint density at radius 3 is 2.54 bits per heavy atom. The van der Waals surface area contributed by atoms with Gasteiger partial charge in [-0.3, -0.25) is 4.79 Å². The number of carboxylic acid groups (broad SMARTS) is 1. The Morgan fingerprint density at radius 2 is 2.08 bits per heavy atom. The van der Waals surface area contributed by atoms with Crippen LogP contribution in [0, 0.1) is 5.92 Å². The smallest absolute Gasteiger partial charge is 0.303 e. The minimum Gasteiger partial charge on any atom is -0.481 e. The quantitative estimate of drug-likeness (QED) is 0.754. The Labute approximate surface area is 78.0 Å². The topological polar surface area (TPSA) is 42.2 Å². The molecule has 1 rings (SSSR count). The molecule has 0 aliphatic carbocycles. The van der Waals surface area contributed by atoms with Crippen molar-refractivity contribution in [3.63, 3.8) is 0 Å². The number of nitrogens with zero attached hydrogens (tertiary/aromatic N) is 1. The van der Waals surface area contributed by atoms with Crippen molar-refractivity contribution in [1.29, 1.82) is 0 Å². The number of hydrogen-bond donors (Lipinski definition) is 1. The average Bonchev–Trinajstić information content (AvgIpc) is 2.55. The van der Waals surface area contributed by atoms with Gasteiger partial charge in [-0.15, -0.1) is 0 Å². The molecule has 3 nitrogen and oxygen atoms in total. The standard InChI is InChI=1S/C10H15NO2/c1-2-9(7-10(12)13)8-11-5-3-4-6-11/h3-6,9H,2,7-8H2,1H3,(H,12,13). The lowest BCUT2D eigenvalue weighted by Gasteiger charge is -2.12. The lowest BCUT2D eigenvalue weighted by atomic mass is 10.0. The third-order valence-electron chi connectivity index (χ3n) is 2.18. The predicted octanol–water partition coefficient (Wildman–Crippen LogP) is 1.99. The SMILES string of the molecule is CCC(CC(=O)O)Cn1cccc1. The molecule has 1 aromatic heterocycles. The molecule has 0 bridgehead atoms. The summed E-state index contributed by atoms with van der Waals surface area (Å²) in [4.78, 5) is 10.5. The molecule has 0 aliphatic rings. The summed E-state index contributed by atoms with van der Waals surface area (Å²) < 4.78 is 2.02. The van der Waals surface area contributed by atoms with Gasteiger partial charge >= 0.3 is 5.97 Å². The molecule has 1 aromatic rings. The number of hydrogen-bond acceptors (Lipinski definition) is 1. The molecular formula is C10H15NO2. The zero-order valence-electron chi connectivity index (χ0n) is 7.81. The highest BCUT2D eigenvalue weighted by molar-refractivity contribution is 5.66. The van der Waals surface area contributed by atoms with Gasteiger partial charge in [0.1, 0.15) is 0 Å². The minimum atomic E-state index is -0.709. The number of carbonyl (C=O) groups is 1. The van der Waals surface area contributed by atoms with Crippen molar-refractivity contribution in [3.8, 4) is 0 Å².